The quantitative estimate of drug-likeness (QED) is 0.169. The van der Waals surface area contributed by atoms with Crippen molar-refractivity contribution in [3.63, 3.8) is 0 Å². The molecule has 0 radical (unpaired) electrons. The summed E-state index contributed by atoms with van der Waals surface area (Å²) < 4.78 is 43.7. The fraction of sp³-hybridized carbons (Fsp3) is 0.273. The van der Waals surface area contributed by atoms with Gasteiger partial charge in [0, 0.05) is 29.4 Å². The number of hydrogen-bond acceptors (Lipinski definition) is 7. The maximum absolute atomic E-state index is 13.4. The molecule has 0 bridgehead atoms. The van der Waals surface area contributed by atoms with E-state index in [-0.39, 0.29) is 12.1 Å². The molecule has 0 aliphatic carbocycles. The molecule has 10 nitrogen and oxygen atoms in total. The Morgan fingerprint density at radius 2 is 1.62 bits per heavy atom. The molecule has 0 saturated heterocycles. The van der Waals surface area contributed by atoms with Crippen molar-refractivity contribution in [3.05, 3.63) is 83.1 Å². The number of hydrogen-bond donors (Lipinski definition) is 3. The van der Waals surface area contributed by atoms with Gasteiger partial charge in [-0.1, -0.05) is 32.0 Å². The van der Waals surface area contributed by atoms with E-state index in [2.05, 4.69) is 30.1 Å². The lowest BCUT2D eigenvalue weighted by atomic mass is 9.96. The molecule has 0 aliphatic rings. The minimum absolute atomic E-state index is 0.158. The van der Waals surface area contributed by atoms with E-state index < -0.39 is 35.6 Å². The van der Waals surface area contributed by atoms with Crippen LogP contribution in [0.3, 0.4) is 0 Å². The Balaban J connectivity index is 0.000000313. The first-order valence-corrected chi connectivity index (χ1v) is 14.0. The molecule has 3 aromatic carbocycles. The Labute approximate surface area is 260 Å². The first kappa shape index (κ1) is 36.1. The first-order valence-electron chi connectivity index (χ1n) is 14.0. The molecule has 2 amide bonds. The van der Waals surface area contributed by atoms with E-state index in [0.29, 0.717) is 13.2 Å². The molecule has 0 spiro atoms. The van der Waals surface area contributed by atoms with Crippen LogP contribution in [0.25, 0.3) is 22.0 Å². The van der Waals surface area contributed by atoms with Crippen molar-refractivity contribution in [2.75, 3.05) is 32.7 Å². The van der Waals surface area contributed by atoms with Crippen LogP contribution in [0, 0.1) is 18.6 Å². The Morgan fingerprint density at radius 1 is 1.00 bits per heavy atom. The number of carboxylic acid groups (broad SMARTS) is 1. The molecule has 240 valence electrons. The molecule has 1 heterocycles. The number of carbonyl (C=O) groups excluding carboxylic acids is 2. The van der Waals surface area contributed by atoms with Gasteiger partial charge >= 0.3 is 5.97 Å². The van der Waals surface area contributed by atoms with Gasteiger partial charge < -0.3 is 30.0 Å². The predicted molar refractivity (Wildman–Crippen MR) is 168 cm³/mol. The second kappa shape index (κ2) is 17.9. The highest BCUT2D eigenvalue weighted by Crippen LogP contribution is 2.42. The number of amides is 2. The zero-order chi connectivity index (χ0) is 33.5. The monoisotopic (exact) mass is 625 g/mol. The lowest BCUT2D eigenvalue weighted by Gasteiger charge is -2.17. The second-order valence-electron chi connectivity index (χ2n) is 9.00. The lowest BCUT2D eigenvalue weighted by molar-refractivity contribution is -0.135. The minimum Gasteiger partial charge on any atom is -0.496 e. The number of aryl methyl sites for hydroxylation is 1. The van der Waals surface area contributed by atoms with E-state index >= 15 is 0 Å². The van der Waals surface area contributed by atoms with Crippen molar-refractivity contribution in [2.24, 2.45) is 0 Å². The fourth-order valence-corrected chi connectivity index (χ4v) is 4.24. The average molecular weight is 626 g/mol. The van der Waals surface area contributed by atoms with Crippen LogP contribution in [0.1, 0.15) is 42.3 Å². The molecule has 3 N–H and O–H groups in total. The zero-order valence-electron chi connectivity index (χ0n) is 26.0. The third-order valence-corrected chi connectivity index (χ3v) is 6.19. The van der Waals surface area contributed by atoms with Gasteiger partial charge in [-0.05, 0) is 55.3 Å². The van der Waals surface area contributed by atoms with Gasteiger partial charge in [0.2, 0.25) is 6.41 Å². The molecule has 4 aromatic rings. The summed E-state index contributed by atoms with van der Waals surface area (Å²) in [7, 11) is 3.35. The molecule has 45 heavy (non-hydrogen) atoms. The number of aliphatic carboxylic acids is 1. The van der Waals surface area contributed by atoms with Gasteiger partial charge in [0.1, 0.15) is 35.2 Å². The van der Waals surface area contributed by atoms with Crippen LogP contribution in [0.15, 0.2) is 54.7 Å². The van der Waals surface area contributed by atoms with Crippen LogP contribution < -0.4 is 20.1 Å². The number of aromatic nitrogens is 1. The molecule has 0 fully saturated rings. The number of benzene rings is 3. The van der Waals surface area contributed by atoms with Crippen molar-refractivity contribution >= 4 is 34.9 Å². The minimum atomic E-state index is -1.34. The highest BCUT2D eigenvalue weighted by molar-refractivity contribution is 5.99. The van der Waals surface area contributed by atoms with Gasteiger partial charge in [-0.2, -0.15) is 0 Å². The van der Waals surface area contributed by atoms with Crippen molar-refractivity contribution in [1.29, 1.82) is 0 Å². The second-order valence-corrected chi connectivity index (χ2v) is 9.00. The van der Waals surface area contributed by atoms with Crippen LogP contribution in [-0.4, -0.2) is 55.7 Å². The highest BCUT2D eigenvalue weighted by Gasteiger charge is 2.20. The summed E-state index contributed by atoms with van der Waals surface area (Å²) in [6.45, 7) is 8.50. The fourth-order valence-electron chi connectivity index (χ4n) is 4.24. The summed E-state index contributed by atoms with van der Waals surface area (Å²) >= 11 is 0. The standard InChI is InChI=1S/C21H23NO3.C10H8F2N2O4.C2H6/c1-5-25-13-15-11-18(23-3)20(19(12-15)24-4)17-9-8-14(2)16-7-6-10-22-21(16)17;11-6-1-5(14-4-15)2-7(12)9(6)10(18)13-3-8(16)17;1-2/h6-12H,5,13H2,1-4H3;1-2,4H,3H2,(H,13,18)(H,14,15)(H,16,17);1-2H3. The van der Waals surface area contributed by atoms with Gasteiger partial charge in [0.25, 0.3) is 5.91 Å². The smallest absolute Gasteiger partial charge is 0.322 e. The van der Waals surface area contributed by atoms with Crippen LogP contribution >= 0.6 is 0 Å². The number of nitrogens with zero attached hydrogens (tertiary/aromatic N) is 1. The molecule has 0 unspecified atom stereocenters. The first-order chi connectivity index (χ1) is 21.6. The number of nitrogens with one attached hydrogen (secondary N) is 2. The van der Waals surface area contributed by atoms with E-state index in [1.54, 1.807) is 14.2 Å². The summed E-state index contributed by atoms with van der Waals surface area (Å²) in [6, 6.07) is 13.7. The van der Waals surface area contributed by atoms with Gasteiger partial charge in [0.05, 0.1) is 31.9 Å². The number of methoxy groups -OCH3 is 2. The van der Waals surface area contributed by atoms with Crippen molar-refractivity contribution < 1.29 is 42.5 Å². The van der Waals surface area contributed by atoms with E-state index in [9.17, 15) is 23.2 Å². The van der Waals surface area contributed by atoms with Crippen LogP contribution in [0.2, 0.25) is 0 Å². The van der Waals surface area contributed by atoms with E-state index in [1.807, 2.05) is 55.8 Å². The molecule has 0 saturated carbocycles. The largest absolute Gasteiger partial charge is 0.496 e. The molecular formula is C33H37F2N3O7. The Hall–Kier alpha value is -5.10. The van der Waals surface area contributed by atoms with Gasteiger partial charge in [-0.15, -0.1) is 0 Å². The van der Waals surface area contributed by atoms with Crippen LogP contribution in [0.4, 0.5) is 14.5 Å². The predicted octanol–water partition coefficient (Wildman–Crippen LogP) is 6.14. The summed E-state index contributed by atoms with van der Waals surface area (Å²) in [5.41, 5.74) is 3.99. The molecular weight excluding hydrogens is 588 g/mol. The number of fused-ring (bicyclic) bond motifs is 1. The maximum Gasteiger partial charge on any atom is 0.322 e. The SMILES string of the molecule is CC.CCOCc1cc(OC)c(-c2ccc(C)c3cccnc23)c(OC)c1.O=CNc1cc(F)c(C(=O)NCC(=O)O)c(F)c1. The van der Waals surface area contributed by atoms with Crippen LogP contribution in [0.5, 0.6) is 11.5 Å². The van der Waals surface area contributed by atoms with E-state index in [4.69, 9.17) is 19.3 Å². The third-order valence-electron chi connectivity index (χ3n) is 6.19. The molecule has 4 rings (SSSR count). The number of carbonyl (C=O) groups is 3. The Bertz CT molecular complexity index is 1580. The summed E-state index contributed by atoms with van der Waals surface area (Å²) in [5.74, 6) is -3.44. The number of ether oxygens (including phenoxy) is 3. The number of anilines is 1. The molecule has 0 aliphatic heterocycles. The number of carboxylic acids is 1. The summed E-state index contributed by atoms with van der Waals surface area (Å²) in [4.78, 5) is 36.2. The van der Waals surface area contributed by atoms with Gasteiger partial charge in [-0.25, -0.2) is 8.78 Å². The number of halogens is 2. The third kappa shape index (κ3) is 9.44. The molecule has 12 heteroatoms. The topological polar surface area (TPSA) is 136 Å². The molecule has 1 aromatic heterocycles. The van der Waals surface area contributed by atoms with Crippen LogP contribution in [-0.2, 0) is 20.9 Å². The van der Waals surface area contributed by atoms with E-state index in [0.717, 1.165) is 51.2 Å². The van der Waals surface area contributed by atoms with Crippen molar-refractivity contribution in [1.82, 2.24) is 10.3 Å². The Kier molecular flexibility index (Phi) is 14.3. The average Bonchev–Trinajstić information content (AvgIpc) is 3.04. The lowest BCUT2D eigenvalue weighted by Crippen LogP contribution is -2.30. The normalized spacial score (nSPS) is 10.0. The van der Waals surface area contributed by atoms with Gasteiger partial charge in [-0.3, -0.25) is 19.4 Å². The molecule has 0 atom stereocenters. The number of pyridine rings is 1. The maximum atomic E-state index is 13.4. The summed E-state index contributed by atoms with van der Waals surface area (Å²) in [5, 5.41) is 13.3. The highest BCUT2D eigenvalue weighted by atomic mass is 19.1. The van der Waals surface area contributed by atoms with E-state index in [1.165, 1.54) is 5.56 Å². The zero-order valence-corrected chi connectivity index (χ0v) is 26.0. The Morgan fingerprint density at radius 3 is 2.16 bits per heavy atom. The summed E-state index contributed by atoms with van der Waals surface area (Å²) in [6.07, 6.45) is 2.03. The van der Waals surface area contributed by atoms with Gasteiger partial charge in [0.15, 0.2) is 0 Å². The van der Waals surface area contributed by atoms with Crippen molar-refractivity contribution in [3.8, 4) is 22.6 Å². The number of rotatable bonds is 11. The van der Waals surface area contributed by atoms with Crippen molar-refractivity contribution in [2.45, 2.75) is 34.3 Å².